The van der Waals surface area contributed by atoms with Crippen molar-refractivity contribution in [2.75, 3.05) is 19.0 Å². The van der Waals surface area contributed by atoms with Gasteiger partial charge in [0.25, 0.3) is 5.91 Å². The van der Waals surface area contributed by atoms with Crippen molar-refractivity contribution in [1.29, 1.82) is 0 Å². The van der Waals surface area contributed by atoms with Gasteiger partial charge < -0.3 is 19.5 Å². The second-order valence-electron chi connectivity index (χ2n) is 6.09. The van der Waals surface area contributed by atoms with E-state index in [1.54, 1.807) is 29.1 Å². The maximum Gasteiger partial charge on any atom is 0.339 e. The van der Waals surface area contributed by atoms with Crippen LogP contribution in [0.15, 0.2) is 30.5 Å². The van der Waals surface area contributed by atoms with E-state index in [2.05, 4.69) is 10.4 Å². The lowest BCUT2D eigenvalue weighted by Gasteiger charge is -2.16. The van der Waals surface area contributed by atoms with Crippen LogP contribution in [0.1, 0.15) is 44.1 Å². The molecule has 0 saturated heterocycles. The molecule has 1 atom stereocenters. The normalized spacial score (nSPS) is 11.8. The molecular formula is C19H25N3O5. The third-order valence-corrected chi connectivity index (χ3v) is 3.76. The number of hydrogen-bond donors (Lipinski definition) is 1. The van der Waals surface area contributed by atoms with Gasteiger partial charge in [-0.05, 0) is 45.9 Å². The summed E-state index contributed by atoms with van der Waals surface area (Å²) in [5, 5.41) is 6.87. The van der Waals surface area contributed by atoms with Crippen LogP contribution in [-0.2, 0) is 9.53 Å². The summed E-state index contributed by atoms with van der Waals surface area (Å²) in [6.45, 7) is 7.67. The fourth-order valence-electron chi connectivity index (χ4n) is 2.41. The molecule has 1 aromatic carbocycles. The average Bonchev–Trinajstić information content (AvgIpc) is 3.10. The number of amides is 1. The van der Waals surface area contributed by atoms with Crippen molar-refractivity contribution in [2.45, 2.75) is 39.8 Å². The van der Waals surface area contributed by atoms with Gasteiger partial charge in [0.15, 0.2) is 17.6 Å². The molecule has 2 aromatic rings. The Hall–Kier alpha value is -3.03. The second-order valence-corrected chi connectivity index (χ2v) is 6.09. The number of benzene rings is 1. The van der Waals surface area contributed by atoms with Crippen molar-refractivity contribution in [3.8, 4) is 11.5 Å². The van der Waals surface area contributed by atoms with Crippen LogP contribution in [-0.4, -0.2) is 41.5 Å². The van der Waals surface area contributed by atoms with Crippen LogP contribution in [0.25, 0.3) is 0 Å². The first-order valence-electron chi connectivity index (χ1n) is 8.73. The number of esters is 1. The standard InChI is InChI=1S/C19H25N3O5/c1-6-26-16-11-14(7-8-15(16)25-5)19(24)27-13(4)18(23)21-17-9-10-20-22(17)12(2)3/h7-13H,6H2,1-5H3,(H,21,23)/t13-/m0/s1. The molecule has 1 heterocycles. The molecule has 146 valence electrons. The maximum absolute atomic E-state index is 12.4. The molecule has 0 aliphatic heterocycles. The zero-order valence-electron chi connectivity index (χ0n) is 16.2. The van der Waals surface area contributed by atoms with E-state index in [1.165, 1.54) is 20.1 Å². The Bertz CT molecular complexity index is 800. The molecule has 0 unspecified atom stereocenters. The first kappa shape index (κ1) is 20.3. The number of hydrogen-bond acceptors (Lipinski definition) is 6. The Balaban J connectivity index is 2.05. The Morgan fingerprint density at radius 3 is 2.56 bits per heavy atom. The van der Waals surface area contributed by atoms with Gasteiger partial charge >= 0.3 is 5.97 Å². The van der Waals surface area contributed by atoms with E-state index in [1.807, 2.05) is 20.8 Å². The Kier molecular flexibility index (Phi) is 6.81. The highest BCUT2D eigenvalue weighted by molar-refractivity contribution is 5.97. The van der Waals surface area contributed by atoms with Crippen molar-refractivity contribution >= 4 is 17.7 Å². The van der Waals surface area contributed by atoms with Crippen molar-refractivity contribution in [1.82, 2.24) is 9.78 Å². The fourth-order valence-corrected chi connectivity index (χ4v) is 2.41. The first-order chi connectivity index (χ1) is 12.9. The van der Waals surface area contributed by atoms with Gasteiger partial charge in [-0.2, -0.15) is 5.10 Å². The topological polar surface area (TPSA) is 91.7 Å². The van der Waals surface area contributed by atoms with E-state index in [0.717, 1.165) is 0 Å². The number of anilines is 1. The van der Waals surface area contributed by atoms with Crippen molar-refractivity contribution in [3.63, 3.8) is 0 Å². The van der Waals surface area contributed by atoms with Crippen molar-refractivity contribution in [2.24, 2.45) is 0 Å². The number of aromatic nitrogens is 2. The molecule has 0 radical (unpaired) electrons. The molecule has 27 heavy (non-hydrogen) atoms. The predicted octanol–water partition coefficient (Wildman–Crippen LogP) is 3.06. The Morgan fingerprint density at radius 2 is 1.93 bits per heavy atom. The fraction of sp³-hybridized carbons (Fsp3) is 0.421. The zero-order chi connectivity index (χ0) is 20.0. The second kappa shape index (κ2) is 9.07. The van der Waals surface area contributed by atoms with E-state index in [-0.39, 0.29) is 11.6 Å². The molecule has 8 heteroatoms. The molecule has 0 saturated carbocycles. The monoisotopic (exact) mass is 375 g/mol. The number of carbonyl (C=O) groups is 2. The summed E-state index contributed by atoms with van der Waals surface area (Å²) in [4.78, 5) is 24.7. The van der Waals surface area contributed by atoms with E-state index >= 15 is 0 Å². The molecule has 0 fully saturated rings. The molecule has 0 aliphatic rings. The first-order valence-corrected chi connectivity index (χ1v) is 8.73. The molecule has 0 spiro atoms. The minimum Gasteiger partial charge on any atom is -0.493 e. The van der Waals surface area contributed by atoms with Gasteiger partial charge in [-0.3, -0.25) is 4.79 Å². The van der Waals surface area contributed by atoms with E-state index in [4.69, 9.17) is 14.2 Å². The third-order valence-electron chi connectivity index (χ3n) is 3.76. The number of nitrogens with zero attached hydrogens (tertiary/aromatic N) is 2. The summed E-state index contributed by atoms with van der Waals surface area (Å²) in [6, 6.07) is 6.48. The summed E-state index contributed by atoms with van der Waals surface area (Å²) in [7, 11) is 1.52. The number of nitrogens with one attached hydrogen (secondary N) is 1. The quantitative estimate of drug-likeness (QED) is 0.713. The Morgan fingerprint density at radius 1 is 1.19 bits per heavy atom. The highest BCUT2D eigenvalue weighted by Gasteiger charge is 2.21. The molecule has 1 N–H and O–H groups in total. The van der Waals surface area contributed by atoms with Crippen molar-refractivity contribution < 1.29 is 23.8 Å². The van der Waals surface area contributed by atoms with Crippen LogP contribution < -0.4 is 14.8 Å². The summed E-state index contributed by atoms with van der Waals surface area (Å²) < 4.78 is 17.6. The average molecular weight is 375 g/mol. The summed E-state index contributed by atoms with van der Waals surface area (Å²) in [5.74, 6) is 0.428. The summed E-state index contributed by atoms with van der Waals surface area (Å²) >= 11 is 0. The lowest BCUT2D eigenvalue weighted by Crippen LogP contribution is -2.31. The molecular weight excluding hydrogens is 350 g/mol. The van der Waals surface area contributed by atoms with E-state index in [0.29, 0.717) is 23.9 Å². The van der Waals surface area contributed by atoms with Gasteiger partial charge in [-0.25, -0.2) is 9.48 Å². The smallest absolute Gasteiger partial charge is 0.339 e. The minimum absolute atomic E-state index is 0.0874. The van der Waals surface area contributed by atoms with Gasteiger partial charge in [0.05, 0.1) is 25.5 Å². The van der Waals surface area contributed by atoms with Crippen LogP contribution in [0, 0.1) is 0 Å². The van der Waals surface area contributed by atoms with Gasteiger partial charge in [-0.1, -0.05) is 0 Å². The van der Waals surface area contributed by atoms with Gasteiger partial charge in [0, 0.05) is 12.1 Å². The number of methoxy groups -OCH3 is 1. The van der Waals surface area contributed by atoms with Crippen molar-refractivity contribution in [3.05, 3.63) is 36.0 Å². The SMILES string of the molecule is CCOc1cc(C(=O)O[C@@H](C)C(=O)Nc2ccnn2C(C)C)ccc1OC. The predicted molar refractivity (Wildman–Crippen MR) is 100 cm³/mol. The van der Waals surface area contributed by atoms with Crippen LogP contribution in [0.3, 0.4) is 0 Å². The summed E-state index contributed by atoms with van der Waals surface area (Å²) in [5.41, 5.74) is 0.270. The Labute approximate surface area is 158 Å². The highest BCUT2D eigenvalue weighted by Crippen LogP contribution is 2.28. The third kappa shape index (κ3) is 4.99. The molecule has 8 nitrogen and oxygen atoms in total. The van der Waals surface area contributed by atoms with Crippen LogP contribution in [0.4, 0.5) is 5.82 Å². The molecule has 0 aliphatic carbocycles. The minimum atomic E-state index is -0.981. The number of ether oxygens (including phenoxy) is 3. The van der Waals surface area contributed by atoms with Crippen LogP contribution in [0.5, 0.6) is 11.5 Å². The lowest BCUT2D eigenvalue weighted by molar-refractivity contribution is -0.123. The van der Waals surface area contributed by atoms with Crippen LogP contribution >= 0.6 is 0 Å². The zero-order valence-corrected chi connectivity index (χ0v) is 16.2. The van der Waals surface area contributed by atoms with Crippen LogP contribution in [0.2, 0.25) is 0 Å². The number of rotatable bonds is 8. The summed E-state index contributed by atoms with van der Waals surface area (Å²) in [6.07, 6.45) is 0.615. The molecule has 1 amide bonds. The van der Waals surface area contributed by atoms with E-state index < -0.39 is 18.0 Å². The van der Waals surface area contributed by atoms with E-state index in [9.17, 15) is 9.59 Å². The molecule has 2 rings (SSSR count). The highest BCUT2D eigenvalue weighted by atomic mass is 16.5. The van der Waals surface area contributed by atoms with Gasteiger partial charge in [0.2, 0.25) is 0 Å². The largest absolute Gasteiger partial charge is 0.493 e. The van der Waals surface area contributed by atoms with Gasteiger partial charge in [-0.15, -0.1) is 0 Å². The number of carbonyl (C=O) groups excluding carboxylic acids is 2. The van der Waals surface area contributed by atoms with Gasteiger partial charge in [0.1, 0.15) is 5.82 Å². The lowest BCUT2D eigenvalue weighted by atomic mass is 10.2. The molecule has 1 aromatic heterocycles. The molecule has 0 bridgehead atoms. The maximum atomic E-state index is 12.4.